The predicted octanol–water partition coefficient (Wildman–Crippen LogP) is 3.56. The summed E-state index contributed by atoms with van der Waals surface area (Å²) < 4.78 is 1.47. The first-order valence-electron chi connectivity index (χ1n) is 7.12. The van der Waals surface area contributed by atoms with Gasteiger partial charge in [0, 0.05) is 17.2 Å². The zero-order valence-corrected chi connectivity index (χ0v) is 13.0. The zero-order chi connectivity index (χ0) is 16.7. The van der Waals surface area contributed by atoms with Gasteiger partial charge in [0.25, 0.3) is 11.6 Å². The molecule has 2 aromatic carbocycles. The molecule has 0 radical (unpaired) electrons. The largest absolute Gasteiger partial charge is 0.272 e. The molecule has 23 heavy (non-hydrogen) atoms. The lowest BCUT2D eigenvalue weighted by Gasteiger charge is -2.06. The van der Waals surface area contributed by atoms with Gasteiger partial charge in [0.05, 0.1) is 16.0 Å². The Kier molecular flexibility index (Phi) is 3.44. The van der Waals surface area contributed by atoms with Crippen molar-refractivity contribution in [3.63, 3.8) is 0 Å². The van der Waals surface area contributed by atoms with Crippen LogP contribution in [-0.2, 0) is 0 Å². The summed E-state index contributed by atoms with van der Waals surface area (Å²) >= 11 is 0. The number of rotatable bonds is 2. The number of fused-ring (bicyclic) bond motifs is 1. The average molecular weight is 309 g/mol. The topological polar surface area (TPSA) is 78.0 Å². The number of nitrogens with zero attached hydrogens (tertiary/aromatic N) is 3. The van der Waals surface area contributed by atoms with E-state index < -0.39 is 4.92 Å². The molecule has 0 fully saturated rings. The van der Waals surface area contributed by atoms with Crippen molar-refractivity contribution in [1.82, 2.24) is 9.55 Å². The highest BCUT2D eigenvalue weighted by Crippen LogP contribution is 2.22. The fourth-order valence-electron chi connectivity index (χ4n) is 2.56. The normalized spacial score (nSPS) is 10.9. The fourth-order valence-corrected chi connectivity index (χ4v) is 2.56. The SMILES string of the molecule is Cc1cc2ncn(C(=O)c3ccc([N+](=O)[O-])c(C)c3)c2cc1C. The molecule has 0 bridgehead atoms. The minimum absolute atomic E-state index is 0.00325. The maximum Gasteiger partial charge on any atom is 0.272 e. The van der Waals surface area contributed by atoms with Crippen molar-refractivity contribution in [2.24, 2.45) is 0 Å². The molecule has 0 atom stereocenters. The summed E-state index contributed by atoms with van der Waals surface area (Å²) in [5.74, 6) is -0.256. The summed E-state index contributed by atoms with van der Waals surface area (Å²) in [6, 6.07) is 8.23. The number of nitro benzene ring substituents is 1. The Morgan fingerprint density at radius 1 is 1.09 bits per heavy atom. The standard InChI is InChI=1S/C17H15N3O3/c1-10-7-14-16(8-11(10)2)19(9-18-14)17(21)13-4-5-15(20(22)23)12(3)6-13/h4-9H,1-3H3. The zero-order valence-electron chi connectivity index (χ0n) is 13.0. The van der Waals surface area contributed by atoms with Crippen LogP contribution in [-0.4, -0.2) is 20.4 Å². The number of carbonyl (C=O) groups excluding carboxylic acids is 1. The third-order valence-corrected chi connectivity index (χ3v) is 4.02. The van der Waals surface area contributed by atoms with E-state index in [0.29, 0.717) is 11.1 Å². The molecule has 1 heterocycles. The number of carbonyl (C=O) groups is 1. The smallest absolute Gasteiger partial charge is 0.268 e. The molecule has 1 aromatic heterocycles. The van der Waals surface area contributed by atoms with E-state index in [1.54, 1.807) is 6.92 Å². The highest BCUT2D eigenvalue weighted by molar-refractivity contribution is 6.01. The minimum atomic E-state index is -0.456. The quantitative estimate of drug-likeness (QED) is 0.535. The van der Waals surface area contributed by atoms with Crippen LogP contribution in [0.4, 0.5) is 5.69 Å². The Morgan fingerprint density at radius 3 is 2.43 bits per heavy atom. The van der Waals surface area contributed by atoms with Crippen LogP contribution in [0.3, 0.4) is 0 Å². The minimum Gasteiger partial charge on any atom is -0.268 e. The van der Waals surface area contributed by atoms with Crippen LogP contribution in [0.1, 0.15) is 27.0 Å². The monoisotopic (exact) mass is 309 g/mol. The first kappa shape index (κ1) is 14.9. The number of hydrogen-bond donors (Lipinski definition) is 0. The van der Waals surface area contributed by atoms with Gasteiger partial charge in [-0.2, -0.15) is 0 Å². The third kappa shape index (κ3) is 2.48. The van der Waals surface area contributed by atoms with Gasteiger partial charge in [-0.3, -0.25) is 19.5 Å². The van der Waals surface area contributed by atoms with Crippen molar-refractivity contribution >= 4 is 22.6 Å². The molecule has 3 aromatic rings. The van der Waals surface area contributed by atoms with Crippen molar-refractivity contribution in [2.75, 3.05) is 0 Å². The molecule has 0 unspecified atom stereocenters. The van der Waals surface area contributed by atoms with Crippen LogP contribution in [0.15, 0.2) is 36.7 Å². The van der Waals surface area contributed by atoms with Gasteiger partial charge in [0.2, 0.25) is 0 Å². The van der Waals surface area contributed by atoms with E-state index >= 15 is 0 Å². The van der Waals surface area contributed by atoms with Gasteiger partial charge in [-0.25, -0.2) is 4.98 Å². The van der Waals surface area contributed by atoms with Gasteiger partial charge in [0.1, 0.15) is 6.33 Å². The molecule has 0 aliphatic rings. The summed E-state index contributed by atoms with van der Waals surface area (Å²) in [6.45, 7) is 5.59. The van der Waals surface area contributed by atoms with Gasteiger partial charge in [-0.15, -0.1) is 0 Å². The molecular formula is C17H15N3O3. The van der Waals surface area contributed by atoms with Crippen LogP contribution in [0.25, 0.3) is 11.0 Å². The number of aryl methyl sites for hydroxylation is 3. The predicted molar refractivity (Wildman–Crippen MR) is 86.8 cm³/mol. The highest BCUT2D eigenvalue weighted by atomic mass is 16.6. The summed E-state index contributed by atoms with van der Waals surface area (Å²) in [6.07, 6.45) is 1.49. The molecule has 0 amide bonds. The maximum absolute atomic E-state index is 12.7. The van der Waals surface area contributed by atoms with E-state index in [1.165, 1.54) is 29.1 Å². The van der Waals surface area contributed by atoms with Crippen LogP contribution in [0.5, 0.6) is 0 Å². The fraction of sp³-hybridized carbons (Fsp3) is 0.176. The van der Waals surface area contributed by atoms with Crippen LogP contribution in [0.2, 0.25) is 0 Å². The van der Waals surface area contributed by atoms with E-state index in [1.807, 2.05) is 26.0 Å². The first-order valence-corrected chi connectivity index (χ1v) is 7.12. The molecule has 6 heteroatoms. The Balaban J connectivity index is 2.09. The lowest BCUT2D eigenvalue weighted by atomic mass is 10.1. The number of imidazole rings is 1. The van der Waals surface area contributed by atoms with Crippen molar-refractivity contribution < 1.29 is 9.72 Å². The van der Waals surface area contributed by atoms with Gasteiger partial charge < -0.3 is 0 Å². The molecule has 0 saturated heterocycles. The number of benzene rings is 2. The summed E-state index contributed by atoms with van der Waals surface area (Å²) in [5.41, 5.74) is 4.52. The van der Waals surface area contributed by atoms with Crippen LogP contribution >= 0.6 is 0 Å². The Bertz CT molecular complexity index is 957. The molecule has 0 aliphatic carbocycles. The Hall–Kier alpha value is -3.02. The Morgan fingerprint density at radius 2 is 1.78 bits per heavy atom. The molecule has 0 aliphatic heterocycles. The molecule has 0 saturated carbocycles. The van der Waals surface area contributed by atoms with E-state index in [-0.39, 0.29) is 11.6 Å². The first-order chi connectivity index (χ1) is 10.9. The molecule has 3 rings (SSSR count). The van der Waals surface area contributed by atoms with E-state index in [9.17, 15) is 14.9 Å². The van der Waals surface area contributed by atoms with Crippen LogP contribution in [0, 0.1) is 30.9 Å². The van der Waals surface area contributed by atoms with Crippen molar-refractivity contribution in [3.8, 4) is 0 Å². The number of nitro groups is 1. The second-order valence-corrected chi connectivity index (χ2v) is 5.60. The van der Waals surface area contributed by atoms with E-state index in [2.05, 4.69) is 4.98 Å². The van der Waals surface area contributed by atoms with E-state index in [4.69, 9.17) is 0 Å². The number of hydrogen-bond acceptors (Lipinski definition) is 4. The molecular weight excluding hydrogens is 294 g/mol. The van der Waals surface area contributed by atoms with Crippen molar-refractivity contribution in [2.45, 2.75) is 20.8 Å². The van der Waals surface area contributed by atoms with Gasteiger partial charge in [-0.05, 0) is 56.2 Å². The molecule has 0 spiro atoms. The summed E-state index contributed by atoms with van der Waals surface area (Å²) in [5, 5.41) is 10.9. The van der Waals surface area contributed by atoms with Crippen molar-refractivity contribution in [3.05, 3.63) is 69.0 Å². The van der Waals surface area contributed by atoms with Crippen molar-refractivity contribution in [1.29, 1.82) is 0 Å². The maximum atomic E-state index is 12.7. The second-order valence-electron chi connectivity index (χ2n) is 5.60. The average Bonchev–Trinajstić information content (AvgIpc) is 2.89. The van der Waals surface area contributed by atoms with Gasteiger partial charge in [-0.1, -0.05) is 0 Å². The van der Waals surface area contributed by atoms with Crippen LogP contribution < -0.4 is 0 Å². The molecule has 6 nitrogen and oxygen atoms in total. The Labute approximate surface area is 132 Å². The lowest BCUT2D eigenvalue weighted by molar-refractivity contribution is -0.385. The second kappa shape index (κ2) is 5.31. The number of aromatic nitrogens is 2. The third-order valence-electron chi connectivity index (χ3n) is 4.02. The molecule has 0 N–H and O–H groups in total. The van der Waals surface area contributed by atoms with E-state index in [0.717, 1.165) is 22.2 Å². The summed E-state index contributed by atoms with van der Waals surface area (Å²) in [7, 11) is 0. The highest BCUT2D eigenvalue weighted by Gasteiger charge is 2.17. The van der Waals surface area contributed by atoms with Gasteiger partial charge >= 0.3 is 0 Å². The summed E-state index contributed by atoms with van der Waals surface area (Å²) in [4.78, 5) is 27.4. The molecule has 116 valence electrons. The lowest BCUT2D eigenvalue weighted by Crippen LogP contribution is -2.11. The van der Waals surface area contributed by atoms with Gasteiger partial charge in [0.15, 0.2) is 0 Å².